The summed E-state index contributed by atoms with van der Waals surface area (Å²) in [6.07, 6.45) is 2.32. The fourth-order valence-electron chi connectivity index (χ4n) is 5.86. The zero-order chi connectivity index (χ0) is 19.5. The minimum Gasteiger partial charge on any atom is -0.508 e. The Labute approximate surface area is 169 Å². The molecule has 0 unspecified atom stereocenters. The van der Waals surface area contributed by atoms with Crippen molar-refractivity contribution in [2.75, 3.05) is 26.4 Å². The number of benzene rings is 2. The minimum absolute atomic E-state index is 0.0667. The van der Waals surface area contributed by atoms with E-state index in [9.17, 15) is 9.90 Å². The third-order valence-corrected chi connectivity index (χ3v) is 7.19. The highest BCUT2D eigenvalue weighted by Gasteiger charge is 2.54. The molecule has 2 bridgehead atoms. The lowest BCUT2D eigenvalue weighted by atomic mass is 9.75. The maximum atomic E-state index is 13.4. The highest BCUT2D eigenvalue weighted by Crippen LogP contribution is 2.48. The van der Waals surface area contributed by atoms with Gasteiger partial charge in [0.1, 0.15) is 5.75 Å². The Bertz CT molecular complexity index is 952. The molecule has 29 heavy (non-hydrogen) atoms. The zero-order valence-electron chi connectivity index (χ0n) is 16.2. The van der Waals surface area contributed by atoms with E-state index in [0.29, 0.717) is 24.1 Å². The fourth-order valence-corrected chi connectivity index (χ4v) is 5.86. The summed E-state index contributed by atoms with van der Waals surface area (Å²) in [4.78, 5) is 18.1. The third kappa shape index (κ3) is 2.62. The van der Waals surface area contributed by atoms with Crippen molar-refractivity contribution in [3.05, 3.63) is 53.6 Å². The summed E-state index contributed by atoms with van der Waals surface area (Å²) in [5.74, 6) is 2.67. The summed E-state index contributed by atoms with van der Waals surface area (Å²) >= 11 is 0. The largest absolute Gasteiger partial charge is 0.508 e. The van der Waals surface area contributed by atoms with E-state index < -0.39 is 0 Å². The highest BCUT2D eigenvalue weighted by atomic mass is 16.7. The Morgan fingerprint density at radius 3 is 2.52 bits per heavy atom. The van der Waals surface area contributed by atoms with Crippen LogP contribution in [0.4, 0.5) is 0 Å². The van der Waals surface area contributed by atoms with Gasteiger partial charge in [0.25, 0.3) is 5.91 Å². The Kier molecular flexibility index (Phi) is 3.78. The van der Waals surface area contributed by atoms with E-state index in [1.807, 2.05) is 6.07 Å². The summed E-state index contributed by atoms with van der Waals surface area (Å²) in [5.41, 5.74) is 1.86. The lowest BCUT2D eigenvalue weighted by Gasteiger charge is -2.51. The van der Waals surface area contributed by atoms with Crippen LogP contribution in [0.2, 0.25) is 0 Å². The molecular weight excluding hydrogens is 368 g/mol. The lowest BCUT2D eigenvalue weighted by molar-refractivity contribution is -0.00341. The Morgan fingerprint density at radius 2 is 1.72 bits per heavy atom. The molecule has 2 aromatic rings. The maximum absolute atomic E-state index is 13.4. The second-order valence-electron chi connectivity index (χ2n) is 8.58. The van der Waals surface area contributed by atoms with Crippen LogP contribution < -0.4 is 9.47 Å². The van der Waals surface area contributed by atoms with Gasteiger partial charge >= 0.3 is 0 Å². The van der Waals surface area contributed by atoms with Crippen molar-refractivity contribution in [3.8, 4) is 17.2 Å². The number of likely N-dealkylation sites (tertiary alicyclic amines) is 1. The van der Waals surface area contributed by atoms with Crippen LogP contribution in [0.25, 0.3) is 0 Å². The molecule has 7 rings (SSSR count). The van der Waals surface area contributed by atoms with Crippen LogP contribution in [0.1, 0.15) is 34.7 Å². The normalized spacial score (nSPS) is 31.7. The van der Waals surface area contributed by atoms with Gasteiger partial charge < -0.3 is 19.5 Å². The van der Waals surface area contributed by atoms with Gasteiger partial charge in [-0.25, -0.2) is 0 Å². The molecule has 0 aliphatic carbocycles. The highest BCUT2D eigenvalue weighted by molar-refractivity contribution is 5.95. The van der Waals surface area contributed by atoms with E-state index in [2.05, 4.69) is 21.9 Å². The Hall–Kier alpha value is -2.73. The standard InChI is InChI=1S/C23H24N2O4/c26-17-4-1-15(2-5-17)23(27)25-12-18(16-3-6-19-20(11-16)29-13-28-19)22-21(25)14-7-9-24(22)10-8-14/h1-6,11,14,18,21-22,26H,7-10,12-13H2/t18-,21+,22+/m1/s1. The number of carbonyl (C=O) groups excluding carboxylic acids is 1. The second kappa shape index (κ2) is 6.39. The van der Waals surface area contributed by atoms with Crippen LogP contribution in [0.5, 0.6) is 17.2 Å². The second-order valence-corrected chi connectivity index (χ2v) is 8.58. The topological polar surface area (TPSA) is 62.2 Å². The smallest absolute Gasteiger partial charge is 0.254 e. The number of amides is 1. The number of phenolic OH excluding ortho intramolecular Hbond substituents is 1. The molecule has 0 spiro atoms. The summed E-state index contributed by atoms with van der Waals surface area (Å²) in [5, 5.41) is 9.59. The molecule has 5 aliphatic heterocycles. The number of piperidine rings is 3. The van der Waals surface area contributed by atoms with Gasteiger partial charge in [0, 0.05) is 24.1 Å². The predicted octanol–water partition coefficient (Wildman–Crippen LogP) is 2.82. The first-order valence-corrected chi connectivity index (χ1v) is 10.4. The predicted molar refractivity (Wildman–Crippen MR) is 106 cm³/mol. The van der Waals surface area contributed by atoms with Crippen LogP contribution in [0, 0.1) is 5.92 Å². The van der Waals surface area contributed by atoms with Crippen molar-refractivity contribution >= 4 is 5.91 Å². The number of carbonyl (C=O) groups is 1. The SMILES string of the molecule is O=C(c1ccc(O)cc1)N1C[C@H](c2ccc3c(c2)OCO3)[C@H]2[C@@H]1C1CCN2CC1. The first-order chi connectivity index (χ1) is 14.2. The molecule has 2 aromatic carbocycles. The number of ether oxygens (including phenoxy) is 2. The van der Waals surface area contributed by atoms with Gasteiger partial charge in [-0.05, 0) is 73.8 Å². The van der Waals surface area contributed by atoms with Crippen LogP contribution in [0.15, 0.2) is 42.5 Å². The summed E-state index contributed by atoms with van der Waals surface area (Å²) < 4.78 is 11.1. The Balaban J connectivity index is 1.37. The van der Waals surface area contributed by atoms with E-state index in [4.69, 9.17) is 9.47 Å². The molecule has 150 valence electrons. The molecule has 1 amide bonds. The van der Waals surface area contributed by atoms with Crippen molar-refractivity contribution in [2.45, 2.75) is 30.8 Å². The summed E-state index contributed by atoms with van der Waals surface area (Å²) in [6, 6.07) is 13.4. The molecule has 0 aromatic heterocycles. The molecule has 0 saturated carbocycles. The molecule has 5 heterocycles. The minimum atomic E-state index is 0.0667. The van der Waals surface area contributed by atoms with Gasteiger partial charge in [0.2, 0.25) is 6.79 Å². The zero-order valence-corrected chi connectivity index (χ0v) is 16.2. The van der Waals surface area contributed by atoms with E-state index in [0.717, 1.165) is 37.4 Å². The molecule has 5 aliphatic rings. The van der Waals surface area contributed by atoms with Gasteiger partial charge in [0.15, 0.2) is 11.5 Å². The number of hydrogen-bond acceptors (Lipinski definition) is 5. The maximum Gasteiger partial charge on any atom is 0.254 e. The van der Waals surface area contributed by atoms with Crippen molar-refractivity contribution in [3.63, 3.8) is 0 Å². The van der Waals surface area contributed by atoms with E-state index >= 15 is 0 Å². The molecule has 4 saturated heterocycles. The first-order valence-electron chi connectivity index (χ1n) is 10.4. The van der Waals surface area contributed by atoms with Gasteiger partial charge in [-0.2, -0.15) is 0 Å². The quantitative estimate of drug-likeness (QED) is 0.852. The molecular formula is C23H24N2O4. The molecule has 3 atom stereocenters. The third-order valence-electron chi connectivity index (χ3n) is 7.19. The van der Waals surface area contributed by atoms with Crippen molar-refractivity contribution in [2.24, 2.45) is 5.92 Å². The van der Waals surface area contributed by atoms with Gasteiger partial charge in [-0.15, -0.1) is 0 Å². The Morgan fingerprint density at radius 1 is 0.966 bits per heavy atom. The van der Waals surface area contributed by atoms with E-state index in [-0.39, 0.29) is 30.4 Å². The molecule has 6 nitrogen and oxygen atoms in total. The first kappa shape index (κ1) is 17.2. The van der Waals surface area contributed by atoms with Crippen LogP contribution in [-0.4, -0.2) is 59.3 Å². The van der Waals surface area contributed by atoms with Crippen LogP contribution >= 0.6 is 0 Å². The summed E-state index contributed by atoms with van der Waals surface area (Å²) in [7, 11) is 0. The monoisotopic (exact) mass is 392 g/mol. The van der Waals surface area contributed by atoms with Crippen LogP contribution in [-0.2, 0) is 0 Å². The number of rotatable bonds is 2. The van der Waals surface area contributed by atoms with Crippen molar-refractivity contribution in [1.82, 2.24) is 9.80 Å². The number of phenols is 1. The summed E-state index contributed by atoms with van der Waals surface area (Å²) in [6.45, 7) is 3.22. The number of hydrogen-bond donors (Lipinski definition) is 1. The number of fused-ring (bicyclic) bond motifs is 3. The van der Waals surface area contributed by atoms with Crippen LogP contribution in [0.3, 0.4) is 0 Å². The van der Waals surface area contributed by atoms with Gasteiger partial charge in [-0.3, -0.25) is 9.69 Å². The van der Waals surface area contributed by atoms with E-state index in [1.54, 1.807) is 24.3 Å². The number of nitrogens with zero attached hydrogens (tertiary/aromatic N) is 2. The van der Waals surface area contributed by atoms with E-state index in [1.165, 1.54) is 5.56 Å². The fraction of sp³-hybridized carbons (Fsp3) is 0.435. The molecule has 4 fully saturated rings. The lowest BCUT2D eigenvalue weighted by Crippen LogP contribution is -2.60. The van der Waals surface area contributed by atoms with Gasteiger partial charge in [-0.1, -0.05) is 6.07 Å². The van der Waals surface area contributed by atoms with Gasteiger partial charge in [0.05, 0.1) is 6.04 Å². The van der Waals surface area contributed by atoms with Crippen molar-refractivity contribution in [1.29, 1.82) is 0 Å². The molecule has 0 radical (unpaired) electrons. The number of aromatic hydroxyl groups is 1. The molecule has 1 N–H and O–H groups in total. The average molecular weight is 392 g/mol. The van der Waals surface area contributed by atoms with Crippen molar-refractivity contribution < 1.29 is 19.4 Å². The molecule has 6 heteroatoms. The average Bonchev–Trinajstić information content (AvgIpc) is 3.40.